The van der Waals surface area contributed by atoms with Crippen LogP contribution in [0.1, 0.15) is 13.8 Å². The van der Waals surface area contributed by atoms with E-state index in [9.17, 15) is 9.36 Å². The largest absolute Gasteiger partial charge is 0.434 e. The predicted octanol–water partition coefficient (Wildman–Crippen LogP) is 2.59. The molecule has 0 aliphatic carbocycles. The number of esters is 1. The van der Waals surface area contributed by atoms with E-state index in [1.807, 2.05) is 0 Å². The van der Waals surface area contributed by atoms with E-state index in [0.29, 0.717) is 19.0 Å². The third-order valence-corrected chi connectivity index (χ3v) is 5.79. The molecule has 1 atom stereocenters. The lowest BCUT2D eigenvalue weighted by Gasteiger charge is -2.16. The first kappa shape index (κ1) is 13.8. The van der Waals surface area contributed by atoms with Gasteiger partial charge in [0.2, 0.25) is 0 Å². The van der Waals surface area contributed by atoms with Gasteiger partial charge in [-0.15, -0.1) is 0 Å². The third kappa shape index (κ3) is 3.94. The normalized spacial score (nSPS) is 20.1. The summed E-state index contributed by atoms with van der Waals surface area (Å²) in [5, 5.41) is 0. The topological polar surface area (TPSA) is 61.8 Å². The van der Waals surface area contributed by atoms with E-state index in [1.165, 1.54) is 6.26 Å². The zero-order valence-corrected chi connectivity index (χ0v) is 11.0. The van der Waals surface area contributed by atoms with Gasteiger partial charge in [0.25, 0.3) is 0 Å². The van der Waals surface area contributed by atoms with Crippen molar-refractivity contribution >= 4 is 24.1 Å². The molecule has 0 aromatic rings. The Kier molecular flexibility index (Phi) is 5.55. The number of rotatable bonds is 7. The van der Waals surface area contributed by atoms with Gasteiger partial charge in [-0.2, -0.15) is 0 Å². The van der Waals surface area contributed by atoms with Crippen molar-refractivity contribution < 1.29 is 23.1 Å². The lowest BCUT2D eigenvalue weighted by atomic mass is 10.2. The van der Waals surface area contributed by atoms with Gasteiger partial charge in [0.1, 0.15) is 0 Å². The second-order valence-corrected chi connectivity index (χ2v) is 7.07. The van der Waals surface area contributed by atoms with Crippen LogP contribution in [0.4, 0.5) is 0 Å². The quantitative estimate of drug-likeness (QED) is 0.521. The number of hydrogen-bond donors (Lipinski definition) is 0. The number of hydrogen-bond acceptors (Lipinski definition) is 6. The molecular formula is C9H15O5PS. The Bertz CT molecular complexity index is 307. The standard InChI is InChI=1S/C9H15O5PS/c1-3-13-15(11,14-4-2)16-7-8-5-6-12-9(8)10/h5-6,8H,3-4,7H2,1-2H3. The number of ether oxygens (including phenoxy) is 1. The van der Waals surface area contributed by atoms with Crippen LogP contribution in [0, 0.1) is 5.92 Å². The molecule has 0 saturated heterocycles. The van der Waals surface area contributed by atoms with Gasteiger partial charge in [0.15, 0.2) is 0 Å². The van der Waals surface area contributed by atoms with Gasteiger partial charge in [-0.1, -0.05) is 0 Å². The van der Waals surface area contributed by atoms with E-state index < -0.39 is 6.80 Å². The summed E-state index contributed by atoms with van der Waals surface area (Å²) in [6, 6.07) is 0. The average Bonchev–Trinajstić information content (AvgIpc) is 2.62. The summed E-state index contributed by atoms with van der Waals surface area (Å²) >= 11 is 1.03. The molecule has 92 valence electrons. The molecule has 0 saturated carbocycles. The molecule has 5 nitrogen and oxygen atoms in total. The van der Waals surface area contributed by atoms with Crippen LogP contribution in [0.5, 0.6) is 0 Å². The Balaban J connectivity index is 2.46. The minimum absolute atomic E-state index is 0.315. The van der Waals surface area contributed by atoms with Crippen molar-refractivity contribution in [2.75, 3.05) is 19.0 Å². The zero-order valence-electron chi connectivity index (χ0n) is 9.25. The molecule has 1 heterocycles. The van der Waals surface area contributed by atoms with Crippen LogP contribution in [0.15, 0.2) is 12.3 Å². The van der Waals surface area contributed by atoms with Crippen molar-refractivity contribution in [1.29, 1.82) is 0 Å². The van der Waals surface area contributed by atoms with Crippen molar-refractivity contribution in [3.8, 4) is 0 Å². The molecule has 0 bridgehead atoms. The van der Waals surface area contributed by atoms with Crippen LogP contribution >= 0.6 is 18.2 Å². The van der Waals surface area contributed by atoms with Crippen LogP contribution in [-0.2, 0) is 23.1 Å². The maximum Gasteiger partial charge on any atom is 0.389 e. The molecule has 0 fully saturated rings. The fourth-order valence-corrected chi connectivity index (χ4v) is 4.65. The first-order valence-corrected chi connectivity index (χ1v) is 8.15. The van der Waals surface area contributed by atoms with E-state index in [1.54, 1.807) is 19.9 Å². The molecule has 1 aliphatic rings. The van der Waals surface area contributed by atoms with Crippen LogP contribution in [0.2, 0.25) is 0 Å². The molecule has 1 rings (SSSR count). The molecule has 16 heavy (non-hydrogen) atoms. The average molecular weight is 266 g/mol. The van der Waals surface area contributed by atoms with Crippen LogP contribution in [-0.4, -0.2) is 24.9 Å². The molecule has 0 spiro atoms. The third-order valence-electron chi connectivity index (χ3n) is 1.78. The van der Waals surface area contributed by atoms with Crippen LogP contribution < -0.4 is 0 Å². The Morgan fingerprint density at radius 2 is 2.06 bits per heavy atom. The first-order chi connectivity index (χ1) is 7.61. The summed E-state index contributed by atoms with van der Waals surface area (Å²) < 4.78 is 26.8. The molecule has 0 amide bonds. The number of carbonyl (C=O) groups is 1. The molecular weight excluding hydrogens is 251 g/mol. The van der Waals surface area contributed by atoms with Gasteiger partial charge in [0, 0.05) is 5.75 Å². The molecule has 0 aromatic carbocycles. The van der Waals surface area contributed by atoms with Crippen molar-refractivity contribution in [1.82, 2.24) is 0 Å². The maximum absolute atomic E-state index is 12.0. The fraction of sp³-hybridized carbons (Fsp3) is 0.667. The predicted molar refractivity (Wildman–Crippen MR) is 62.0 cm³/mol. The molecule has 0 radical (unpaired) electrons. The van der Waals surface area contributed by atoms with Crippen LogP contribution in [0.3, 0.4) is 0 Å². The second-order valence-electron chi connectivity index (χ2n) is 2.95. The highest BCUT2D eigenvalue weighted by Gasteiger charge is 2.29. The smallest absolute Gasteiger partial charge is 0.389 e. The Hall–Kier alpha value is -0.290. The minimum atomic E-state index is -3.12. The molecule has 1 aliphatic heterocycles. The van der Waals surface area contributed by atoms with Crippen molar-refractivity contribution in [2.24, 2.45) is 5.92 Å². The van der Waals surface area contributed by atoms with Gasteiger partial charge in [-0.25, -0.2) is 4.57 Å². The van der Waals surface area contributed by atoms with Gasteiger partial charge < -0.3 is 13.8 Å². The van der Waals surface area contributed by atoms with Crippen molar-refractivity contribution in [2.45, 2.75) is 13.8 Å². The Morgan fingerprint density at radius 3 is 2.50 bits per heavy atom. The van der Waals surface area contributed by atoms with E-state index in [0.717, 1.165) is 11.4 Å². The number of carbonyl (C=O) groups excluding carboxylic acids is 1. The summed E-state index contributed by atoms with van der Waals surface area (Å²) in [5.41, 5.74) is 0. The summed E-state index contributed by atoms with van der Waals surface area (Å²) in [7, 11) is 0. The highest BCUT2D eigenvalue weighted by Crippen LogP contribution is 2.61. The zero-order chi connectivity index (χ0) is 12.0. The molecule has 0 N–H and O–H groups in total. The lowest BCUT2D eigenvalue weighted by molar-refractivity contribution is -0.138. The first-order valence-electron chi connectivity index (χ1n) is 5.02. The van der Waals surface area contributed by atoms with E-state index >= 15 is 0 Å². The molecule has 7 heteroatoms. The van der Waals surface area contributed by atoms with Gasteiger partial charge in [-0.05, 0) is 31.3 Å². The van der Waals surface area contributed by atoms with E-state index in [-0.39, 0.29) is 11.9 Å². The van der Waals surface area contributed by atoms with Gasteiger partial charge in [-0.3, -0.25) is 4.79 Å². The summed E-state index contributed by atoms with van der Waals surface area (Å²) in [6.07, 6.45) is 2.98. The Morgan fingerprint density at radius 1 is 1.44 bits per heavy atom. The lowest BCUT2D eigenvalue weighted by Crippen LogP contribution is -2.10. The van der Waals surface area contributed by atoms with Gasteiger partial charge in [0.05, 0.1) is 25.4 Å². The summed E-state index contributed by atoms with van der Waals surface area (Å²) in [4.78, 5) is 11.1. The number of cyclic esters (lactones) is 1. The summed E-state index contributed by atoms with van der Waals surface area (Å²) in [5.74, 6) is -0.349. The fourth-order valence-electron chi connectivity index (χ4n) is 1.09. The minimum Gasteiger partial charge on any atom is -0.434 e. The molecule has 0 aromatic heterocycles. The highest BCUT2D eigenvalue weighted by atomic mass is 32.7. The van der Waals surface area contributed by atoms with Crippen LogP contribution in [0.25, 0.3) is 0 Å². The van der Waals surface area contributed by atoms with Crippen molar-refractivity contribution in [3.63, 3.8) is 0 Å². The van der Waals surface area contributed by atoms with Gasteiger partial charge >= 0.3 is 12.8 Å². The SMILES string of the molecule is CCOP(=O)(OCC)SCC1C=COC1=O. The monoisotopic (exact) mass is 266 g/mol. The van der Waals surface area contributed by atoms with E-state index in [4.69, 9.17) is 9.05 Å². The van der Waals surface area contributed by atoms with E-state index in [2.05, 4.69) is 4.74 Å². The Labute approximate surface area is 98.8 Å². The molecule has 1 unspecified atom stereocenters. The second kappa shape index (κ2) is 6.45. The maximum atomic E-state index is 12.0. The highest BCUT2D eigenvalue weighted by molar-refractivity contribution is 8.55. The summed E-state index contributed by atoms with van der Waals surface area (Å²) in [6.45, 7) is 0.998. The van der Waals surface area contributed by atoms with Crippen molar-refractivity contribution in [3.05, 3.63) is 12.3 Å².